The van der Waals surface area contributed by atoms with Gasteiger partial charge < -0.3 is 14.6 Å². The summed E-state index contributed by atoms with van der Waals surface area (Å²) >= 11 is 1.94. The average molecular weight is 390 g/mol. The Hall–Kier alpha value is -1.15. The zero-order valence-corrected chi connectivity index (χ0v) is 13.1. The molecule has 20 heavy (non-hydrogen) atoms. The number of halogens is 1. The highest BCUT2D eigenvalue weighted by Crippen LogP contribution is 2.41. The van der Waals surface area contributed by atoms with Crippen molar-refractivity contribution in [1.29, 1.82) is 0 Å². The maximum Gasteiger partial charge on any atom is 0.340 e. The van der Waals surface area contributed by atoms with Crippen LogP contribution in [0.1, 0.15) is 25.0 Å². The number of carbonyl (C=O) groups is 2. The Morgan fingerprint density at radius 1 is 1.50 bits per heavy atom. The molecule has 6 heteroatoms. The largest absolute Gasteiger partial charge is 0.464 e. The van der Waals surface area contributed by atoms with E-state index in [1.165, 1.54) is 0 Å². The number of ether oxygens (including phenoxy) is 2. The van der Waals surface area contributed by atoms with Crippen LogP contribution in [0.25, 0.3) is 0 Å². The Kier molecular flexibility index (Phi) is 4.64. The molecule has 1 fully saturated rings. The van der Waals surface area contributed by atoms with Gasteiger partial charge in [-0.25, -0.2) is 4.79 Å². The molecule has 1 aromatic rings. The fourth-order valence-electron chi connectivity index (χ4n) is 2.13. The summed E-state index contributed by atoms with van der Waals surface area (Å²) in [5.74, 6) is -1.39. The van der Waals surface area contributed by atoms with Gasteiger partial charge in [0.2, 0.25) is 0 Å². The minimum absolute atomic E-state index is 0.148. The molecular weight excluding hydrogens is 375 g/mol. The summed E-state index contributed by atoms with van der Waals surface area (Å²) in [6, 6.07) is 9.05. The second kappa shape index (κ2) is 6.09. The first-order chi connectivity index (χ1) is 9.49. The van der Waals surface area contributed by atoms with Gasteiger partial charge in [0.25, 0.3) is 0 Å². The van der Waals surface area contributed by atoms with Crippen molar-refractivity contribution in [3.05, 3.63) is 35.9 Å². The van der Waals surface area contributed by atoms with Gasteiger partial charge >= 0.3 is 11.9 Å². The summed E-state index contributed by atoms with van der Waals surface area (Å²) in [6.07, 6.45) is -1.06. The van der Waals surface area contributed by atoms with E-state index in [-0.39, 0.29) is 13.0 Å². The molecule has 1 N–H and O–H groups in total. The van der Waals surface area contributed by atoms with E-state index in [2.05, 4.69) is 0 Å². The number of esters is 2. The minimum Gasteiger partial charge on any atom is -0.464 e. The lowest BCUT2D eigenvalue weighted by atomic mass is 9.87. The van der Waals surface area contributed by atoms with Crippen molar-refractivity contribution in [2.75, 3.05) is 6.61 Å². The summed E-state index contributed by atoms with van der Waals surface area (Å²) in [7, 11) is 0. The fourth-order valence-corrected chi connectivity index (χ4v) is 3.17. The van der Waals surface area contributed by atoms with Crippen LogP contribution in [0.5, 0.6) is 0 Å². The second-order valence-corrected chi connectivity index (χ2v) is 5.89. The molecule has 0 unspecified atom stereocenters. The van der Waals surface area contributed by atoms with Gasteiger partial charge in [-0.15, -0.1) is 0 Å². The summed E-state index contributed by atoms with van der Waals surface area (Å²) in [5, 5.41) is 10.6. The Morgan fingerprint density at radius 2 is 2.15 bits per heavy atom. The zero-order valence-electron chi connectivity index (χ0n) is 10.9. The molecule has 0 spiro atoms. The van der Waals surface area contributed by atoms with E-state index in [0.29, 0.717) is 0 Å². The quantitative estimate of drug-likeness (QED) is 0.484. The van der Waals surface area contributed by atoms with E-state index < -0.39 is 27.6 Å². The van der Waals surface area contributed by atoms with E-state index in [0.717, 1.165) is 5.56 Å². The van der Waals surface area contributed by atoms with E-state index in [1.807, 2.05) is 40.8 Å². The van der Waals surface area contributed by atoms with E-state index >= 15 is 0 Å². The summed E-state index contributed by atoms with van der Waals surface area (Å²) < 4.78 is 9.57. The molecule has 1 aromatic carbocycles. The van der Waals surface area contributed by atoms with Crippen LogP contribution in [0.2, 0.25) is 0 Å². The third-order valence-electron chi connectivity index (χ3n) is 3.15. The molecule has 0 radical (unpaired) electrons. The lowest BCUT2D eigenvalue weighted by Crippen LogP contribution is -2.55. The Labute approximate surface area is 130 Å². The number of aliphatic hydroxyl groups is 1. The van der Waals surface area contributed by atoms with E-state index in [9.17, 15) is 14.7 Å². The van der Waals surface area contributed by atoms with Crippen molar-refractivity contribution in [2.45, 2.75) is 29.0 Å². The molecule has 0 bridgehead atoms. The molecule has 0 aromatic heterocycles. The molecular formula is C14H15IO5. The van der Waals surface area contributed by atoms with Gasteiger partial charge in [-0.2, -0.15) is 0 Å². The van der Waals surface area contributed by atoms with Gasteiger partial charge in [-0.3, -0.25) is 4.79 Å². The number of carbonyl (C=O) groups excluding carboxylic acids is 2. The van der Waals surface area contributed by atoms with Crippen molar-refractivity contribution < 1.29 is 24.2 Å². The molecule has 1 aliphatic heterocycles. The monoisotopic (exact) mass is 390 g/mol. The van der Waals surface area contributed by atoms with Crippen molar-refractivity contribution in [3.8, 4) is 0 Å². The Bertz CT molecular complexity index is 504. The van der Waals surface area contributed by atoms with Crippen LogP contribution in [0.4, 0.5) is 0 Å². The predicted molar refractivity (Wildman–Crippen MR) is 79.3 cm³/mol. The topological polar surface area (TPSA) is 72.8 Å². The molecule has 1 heterocycles. The number of hydrogen-bond acceptors (Lipinski definition) is 5. The lowest BCUT2D eigenvalue weighted by Gasteiger charge is -2.38. The predicted octanol–water partition coefficient (Wildman–Crippen LogP) is 1.77. The van der Waals surface area contributed by atoms with Crippen LogP contribution in [-0.4, -0.2) is 33.2 Å². The summed E-state index contributed by atoms with van der Waals surface area (Å²) in [5.41, 5.74) is -1.12. The van der Waals surface area contributed by atoms with Gasteiger partial charge in [-0.1, -0.05) is 52.9 Å². The van der Waals surface area contributed by atoms with Crippen LogP contribution in [-0.2, 0) is 19.1 Å². The highest BCUT2D eigenvalue weighted by Gasteiger charge is 2.54. The molecule has 1 aliphatic rings. The fraction of sp³-hybridized carbons (Fsp3) is 0.429. The van der Waals surface area contributed by atoms with Crippen molar-refractivity contribution >= 4 is 34.5 Å². The number of rotatable bonds is 3. The normalized spacial score (nSPS) is 29.6. The number of benzene rings is 1. The smallest absolute Gasteiger partial charge is 0.340 e. The molecule has 1 saturated heterocycles. The zero-order chi connectivity index (χ0) is 14.8. The molecule has 3 atom stereocenters. The van der Waals surface area contributed by atoms with Crippen LogP contribution in [0.3, 0.4) is 0 Å². The van der Waals surface area contributed by atoms with E-state index in [4.69, 9.17) is 9.47 Å². The number of hydrogen-bond donors (Lipinski definition) is 1. The first kappa shape index (κ1) is 15.2. The highest BCUT2D eigenvalue weighted by molar-refractivity contribution is 14.1. The molecule has 5 nitrogen and oxygen atoms in total. The van der Waals surface area contributed by atoms with Crippen molar-refractivity contribution in [2.24, 2.45) is 0 Å². The molecule has 2 rings (SSSR count). The van der Waals surface area contributed by atoms with Crippen molar-refractivity contribution in [1.82, 2.24) is 0 Å². The van der Waals surface area contributed by atoms with Crippen molar-refractivity contribution in [3.63, 3.8) is 0 Å². The summed E-state index contributed by atoms with van der Waals surface area (Å²) in [6.45, 7) is 1.80. The Balaban J connectivity index is 2.32. The highest BCUT2D eigenvalue weighted by atomic mass is 127. The molecule has 0 aliphatic carbocycles. The van der Waals surface area contributed by atoms with Crippen LogP contribution < -0.4 is 0 Å². The maximum absolute atomic E-state index is 12.0. The van der Waals surface area contributed by atoms with Gasteiger partial charge in [0.05, 0.1) is 17.0 Å². The average Bonchev–Trinajstić information content (AvgIpc) is 2.44. The first-order valence-corrected chi connectivity index (χ1v) is 7.51. The molecule has 108 valence electrons. The number of alkyl halides is 1. The van der Waals surface area contributed by atoms with Gasteiger partial charge in [0, 0.05) is 0 Å². The van der Waals surface area contributed by atoms with Gasteiger partial charge in [0.1, 0.15) is 6.10 Å². The van der Waals surface area contributed by atoms with Gasteiger partial charge in [-0.05, 0) is 12.5 Å². The number of cyclic esters (lactones) is 1. The molecule has 0 saturated carbocycles. The van der Waals surface area contributed by atoms with Crippen LogP contribution >= 0.6 is 22.6 Å². The lowest BCUT2D eigenvalue weighted by molar-refractivity contribution is -0.186. The molecule has 0 amide bonds. The standard InChI is InChI=1S/C14H15IO5/c1-2-19-13(17)14(18)8-10(16)20-11(12(14)15)9-6-4-3-5-7-9/h3-7,11-12,18H,2,8H2,1H3/t11-,12-,14+/m0/s1. The third kappa shape index (κ3) is 2.80. The van der Waals surface area contributed by atoms with Crippen LogP contribution in [0.15, 0.2) is 30.3 Å². The second-order valence-electron chi connectivity index (χ2n) is 4.54. The SMILES string of the molecule is CCOC(=O)[C@@]1(O)CC(=O)O[C@@H](c2ccccc2)[C@@H]1I. The maximum atomic E-state index is 12.0. The van der Waals surface area contributed by atoms with E-state index in [1.54, 1.807) is 19.1 Å². The summed E-state index contributed by atoms with van der Waals surface area (Å²) in [4.78, 5) is 23.7. The minimum atomic E-state index is -1.85. The van der Waals surface area contributed by atoms with Gasteiger partial charge in [0.15, 0.2) is 5.60 Å². The van der Waals surface area contributed by atoms with Crippen LogP contribution in [0, 0.1) is 0 Å². The first-order valence-electron chi connectivity index (χ1n) is 6.27. The Morgan fingerprint density at radius 3 is 2.75 bits per heavy atom. The third-order valence-corrected chi connectivity index (χ3v) is 4.83.